The van der Waals surface area contributed by atoms with Gasteiger partial charge in [-0.05, 0) is 110 Å². The Bertz CT molecular complexity index is 2900. The first-order valence-corrected chi connectivity index (χ1v) is 18.6. The van der Waals surface area contributed by atoms with Crippen LogP contribution in [-0.2, 0) is 0 Å². The van der Waals surface area contributed by atoms with E-state index in [1.165, 1.54) is 75.1 Å². The van der Waals surface area contributed by atoms with Gasteiger partial charge in [0.2, 0.25) is 0 Å². The quantitative estimate of drug-likeness (QED) is 0.158. The van der Waals surface area contributed by atoms with Gasteiger partial charge in [0.1, 0.15) is 0 Å². The van der Waals surface area contributed by atoms with Crippen molar-refractivity contribution in [3.05, 3.63) is 200 Å². The number of fused-ring (bicyclic) bond motifs is 6. The van der Waals surface area contributed by atoms with Crippen LogP contribution in [0.25, 0.3) is 75.1 Å². The maximum atomic E-state index is 2.40. The first-order valence-electron chi connectivity index (χ1n) is 17.8. The molecule has 0 fully saturated rings. The summed E-state index contributed by atoms with van der Waals surface area (Å²) in [5.41, 5.74) is 10.7. The number of anilines is 3. The summed E-state index contributed by atoms with van der Waals surface area (Å²) in [6, 6.07) is 73.0. The van der Waals surface area contributed by atoms with Gasteiger partial charge < -0.3 is 4.90 Å². The van der Waals surface area contributed by atoms with Crippen molar-refractivity contribution < 1.29 is 0 Å². The summed E-state index contributed by atoms with van der Waals surface area (Å²) in [6.45, 7) is 0. The van der Waals surface area contributed by atoms with E-state index >= 15 is 0 Å². The van der Waals surface area contributed by atoms with Gasteiger partial charge in [0.15, 0.2) is 0 Å². The zero-order valence-electron chi connectivity index (χ0n) is 28.4. The Balaban J connectivity index is 1.11. The number of rotatable bonds is 6. The largest absolute Gasteiger partial charge is 0.310 e. The minimum atomic E-state index is 1.11. The van der Waals surface area contributed by atoms with Crippen LogP contribution in [0.2, 0.25) is 0 Å². The number of hydrogen-bond acceptors (Lipinski definition) is 2. The average Bonchev–Trinajstić information content (AvgIpc) is 3.59. The lowest BCUT2D eigenvalue weighted by Crippen LogP contribution is -2.10. The minimum absolute atomic E-state index is 1.11. The molecule has 2 heteroatoms. The molecule has 0 amide bonds. The van der Waals surface area contributed by atoms with Gasteiger partial charge in [-0.1, -0.05) is 146 Å². The van der Waals surface area contributed by atoms with Gasteiger partial charge in [-0.2, -0.15) is 0 Å². The molecule has 0 bridgehead atoms. The smallest absolute Gasteiger partial charge is 0.0476 e. The molecule has 0 unspecified atom stereocenters. The van der Waals surface area contributed by atoms with E-state index in [9.17, 15) is 0 Å². The molecule has 0 aliphatic heterocycles. The van der Waals surface area contributed by atoms with Crippen molar-refractivity contribution >= 4 is 70.1 Å². The van der Waals surface area contributed by atoms with Crippen LogP contribution in [0.4, 0.5) is 17.1 Å². The predicted octanol–water partition coefficient (Wildman–Crippen LogP) is 14.8. The second-order valence-electron chi connectivity index (χ2n) is 13.3. The molecule has 0 aliphatic rings. The SMILES string of the molecule is c1ccc(-c2cccc(-c3ccc(N(c4cccc(-c5cc6ccccc6c6ccccc56)c4)c4ccc5c(c4)sc4ccccc45)cc3)c2)cc1. The molecule has 0 saturated carbocycles. The molecular formula is C50H33NS. The molecule has 0 saturated heterocycles. The normalized spacial score (nSPS) is 11.5. The molecule has 1 nitrogen and oxygen atoms in total. The molecule has 0 N–H and O–H groups in total. The van der Waals surface area contributed by atoms with E-state index in [1.807, 2.05) is 11.3 Å². The Kier molecular flexibility index (Phi) is 7.41. The Morgan fingerprint density at radius 2 is 0.865 bits per heavy atom. The minimum Gasteiger partial charge on any atom is -0.310 e. The number of nitrogens with zero attached hydrogens (tertiary/aromatic N) is 1. The highest BCUT2D eigenvalue weighted by atomic mass is 32.1. The van der Waals surface area contributed by atoms with E-state index in [-0.39, 0.29) is 0 Å². The fourth-order valence-electron chi connectivity index (χ4n) is 7.72. The van der Waals surface area contributed by atoms with Crippen molar-refractivity contribution in [2.24, 2.45) is 0 Å². The van der Waals surface area contributed by atoms with Gasteiger partial charge in [0, 0.05) is 37.2 Å². The molecule has 1 aromatic heterocycles. The average molecular weight is 680 g/mol. The molecule has 9 aromatic carbocycles. The molecule has 10 rings (SSSR count). The van der Waals surface area contributed by atoms with Gasteiger partial charge in [-0.3, -0.25) is 0 Å². The van der Waals surface area contributed by atoms with Crippen molar-refractivity contribution in [2.45, 2.75) is 0 Å². The van der Waals surface area contributed by atoms with Gasteiger partial charge in [-0.15, -0.1) is 11.3 Å². The monoisotopic (exact) mass is 679 g/mol. The lowest BCUT2D eigenvalue weighted by molar-refractivity contribution is 1.29. The Hall–Kier alpha value is -6.48. The van der Waals surface area contributed by atoms with Crippen molar-refractivity contribution in [1.82, 2.24) is 0 Å². The topological polar surface area (TPSA) is 3.24 Å². The zero-order valence-corrected chi connectivity index (χ0v) is 29.2. The highest BCUT2D eigenvalue weighted by Crippen LogP contribution is 2.43. The number of benzene rings is 9. The van der Waals surface area contributed by atoms with E-state index in [2.05, 4.69) is 205 Å². The summed E-state index contributed by atoms with van der Waals surface area (Å²) < 4.78 is 2.60. The first-order chi connectivity index (χ1) is 25.8. The fourth-order valence-corrected chi connectivity index (χ4v) is 8.86. The van der Waals surface area contributed by atoms with Crippen molar-refractivity contribution in [1.29, 1.82) is 0 Å². The van der Waals surface area contributed by atoms with Gasteiger partial charge in [0.25, 0.3) is 0 Å². The molecule has 10 aromatic rings. The van der Waals surface area contributed by atoms with Crippen molar-refractivity contribution in [3.63, 3.8) is 0 Å². The summed E-state index contributed by atoms with van der Waals surface area (Å²) in [7, 11) is 0. The van der Waals surface area contributed by atoms with Crippen LogP contribution < -0.4 is 4.90 Å². The van der Waals surface area contributed by atoms with Gasteiger partial charge in [0.05, 0.1) is 0 Å². The second kappa shape index (κ2) is 12.7. The molecule has 0 atom stereocenters. The molecule has 52 heavy (non-hydrogen) atoms. The summed E-state index contributed by atoms with van der Waals surface area (Å²) in [5, 5.41) is 7.69. The lowest BCUT2D eigenvalue weighted by atomic mass is 9.93. The van der Waals surface area contributed by atoms with E-state index < -0.39 is 0 Å². The summed E-state index contributed by atoms with van der Waals surface area (Å²) in [4.78, 5) is 2.40. The highest BCUT2D eigenvalue weighted by Gasteiger charge is 2.17. The maximum absolute atomic E-state index is 2.40. The first kappa shape index (κ1) is 30.4. The van der Waals surface area contributed by atoms with Crippen molar-refractivity contribution in [2.75, 3.05) is 4.90 Å². The van der Waals surface area contributed by atoms with Crippen LogP contribution in [-0.4, -0.2) is 0 Å². The molecule has 0 aliphatic carbocycles. The fraction of sp³-hybridized carbons (Fsp3) is 0. The number of thiophene rings is 1. The van der Waals surface area contributed by atoms with Gasteiger partial charge >= 0.3 is 0 Å². The van der Waals surface area contributed by atoms with E-state index in [1.54, 1.807) is 0 Å². The zero-order chi connectivity index (χ0) is 34.4. The molecule has 0 radical (unpaired) electrons. The third-order valence-corrected chi connectivity index (χ3v) is 11.4. The highest BCUT2D eigenvalue weighted by molar-refractivity contribution is 7.25. The summed E-state index contributed by atoms with van der Waals surface area (Å²) in [5.74, 6) is 0. The molecular weight excluding hydrogens is 647 g/mol. The molecule has 1 heterocycles. The Labute approximate surface area is 307 Å². The van der Waals surface area contributed by atoms with Crippen LogP contribution in [0.1, 0.15) is 0 Å². The third kappa shape index (κ3) is 5.33. The molecule has 244 valence electrons. The lowest BCUT2D eigenvalue weighted by Gasteiger charge is -2.26. The summed E-state index contributed by atoms with van der Waals surface area (Å²) >= 11 is 1.86. The van der Waals surface area contributed by atoms with Crippen LogP contribution in [0.5, 0.6) is 0 Å². The summed E-state index contributed by atoms with van der Waals surface area (Å²) in [6.07, 6.45) is 0. The second-order valence-corrected chi connectivity index (χ2v) is 14.4. The van der Waals surface area contributed by atoms with Crippen LogP contribution in [0, 0.1) is 0 Å². The van der Waals surface area contributed by atoms with Crippen LogP contribution >= 0.6 is 11.3 Å². The number of hydrogen-bond donors (Lipinski definition) is 0. The van der Waals surface area contributed by atoms with E-state index in [4.69, 9.17) is 0 Å². The standard InChI is InChI=1S/C50H33NS/c1-2-12-34(13-3-1)36-15-10-16-37(30-36)35-24-26-40(27-25-35)51(42-28-29-47-46-22-8-9-23-49(46)52-50(47)33-42)41-18-11-17-38(31-41)48-32-39-14-4-5-19-43(39)44-20-6-7-21-45(44)48/h1-33H. The van der Waals surface area contributed by atoms with Crippen LogP contribution in [0.15, 0.2) is 200 Å². The predicted molar refractivity (Wildman–Crippen MR) is 225 cm³/mol. The van der Waals surface area contributed by atoms with Gasteiger partial charge in [-0.25, -0.2) is 0 Å². The maximum Gasteiger partial charge on any atom is 0.0476 e. The third-order valence-electron chi connectivity index (χ3n) is 10.2. The van der Waals surface area contributed by atoms with E-state index in [0.29, 0.717) is 0 Å². The Morgan fingerprint density at radius 3 is 1.69 bits per heavy atom. The van der Waals surface area contributed by atoms with Crippen LogP contribution in [0.3, 0.4) is 0 Å². The van der Waals surface area contributed by atoms with E-state index in [0.717, 1.165) is 17.1 Å². The molecule has 0 spiro atoms. The van der Waals surface area contributed by atoms with Crippen molar-refractivity contribution in [3.8, 4) is 33.4 Å². The Morgan fingerprint density at radius 1 is 0.288 bits per heavy atom.